The molecule has 0 saturated carbocycles. The lowest BCUT2D eigenvalue weighted by Crippen LogP contribution is -2.54. The number of nitrogens with zero attached hydrogens (tertiary/aromatic N) is 3. The number of phenols is 1. The Morgan fingerprint density at radius 3 is 2.58 bits per heavy atom. The van der Waals surface area contributed by atoms with E-state index in [4.69, 9.17) is 4.74 Å². The highest BCUT2D eigenvalue weighted by Gasteiger charge is 2.37. The minimum atomic E-state index is -0.213. The van der Waals surface area contributed by atoms with E-state index in [2.05, 4.69) is 46.9 Å². The molecule has 1 atom stereocenters. The molecule has 1 unspecified atom stereocenters. The summed E-state index contributed by atoms with van der Waals surface area (Å²) in [5.74, 6) is 2.47. The number of phenolic OH excluding ortho intramolecular Hbond substituents is 1. The van der Waals surface area contributed by atoms with Crippen LogP contribution in [-0.2, 0) is 6.42 Å². The monoisotopic (exact) mass is 424 g/mol. The van der Waals surface area contributed by atoms with Crippen LogP contribution in [0.25, 0.3) is 0 Å². The van der Waals surface area contributed by atoms with Crippen LogP contribution in [0.5, 0.6) is 11.5 Å². The number of piperazine rings is 1. The molecule has 2 aliphatic heterocycles. The van der Waals surface area contributed by atoms with Gasteiger partial charge >= 0.3 is 0 Å². The first-order valence-corrected chi connectivity index (χ1v) is 11.5. The molecule has 31 heavy (non-hydrogen) atoms. The van der Waals surface area contributed by atoms with Crippen LogP contribution in [0.1, 0.15) is 42.5 Å². The largest absolute Gasteiger partial charge is 0.507 e. The minimum absolute atomic E-state index is 0.213. The van der Waals surface area contributed by atoms with Crippen molar-refractivity contribution in [3.05, 3.63) is 40.6 Å². The van der Waals surface area contributed by atoms with Crippen LogP contribution in [0.3, 0.4) is 0 Å². The maximum Gasteiger partial charge on any atom is 0.152 e. The van der Waals surface area contributed by atoms with Crippen LogP contribution in [-0.4, -0.2) is 59.9 Å². The zero-order chi connectivity index (χ0) is 22.2. The second-order valence-electron chi connectivity index (χ2n) is 9.25. The van der Waals surface area contributed by atoms with Gasteiger partial charge in [-0.1, -0.05) is 0 Å². The molecule has 0 amide bonds. The summed E-state index contributed by atoms with van der Waals surface area (Å²) in [6, 6.07) is 4.10. The molecule has 3 heterocycles. The average molecular weight is 425 g/mol. The Kier molecular flexibility index (Phi) is 6.02. The predicted octanol–water partition coefficient (Wildman–Crippen LogP) is 4.05. The van der Waals surface area contributed by atoms with Crippen molar-refractivity contribution in [3.63, 3.8) is 0 Å². The quantitative estimate of drug-likeness (QED) is 0.755. The highest BCUT2D eigenvalue weighted by molar-refractivity contribution is 5.65. The van der Waals surface area contributed by atoms with Crippen molar-refractivity contribution in [1.82, 2.24) is 9.88 Å². The van der Waals surface area contributed by atoms with E-state index in [9.17, 15) is 5.11 Å². The molecule has 0 bridgehead atoms. The number of ether oxygens (including phenoxy) is 1. The molecule has 2 N–H and O–H groups in total. The van der Waals surface area contributed by atoms with Crippen LogP contribution >= 0.6 is 0 Å². The molecule has 0 spiro atoms. The number of hydrogen-bond acceptors (Lipinski definition) is 6. The first kappa shape index (κ1) is 21.8. The zero-order valence-electron chi connectivity index (χ0n) is 19.6. The molecular formula is C25H36N4O2. The van der Waals surface area contributed by atoms with Gasteiger partial charge in [0.15, 0.2) is 5.82 Å². The lowest BCUT2D eigenvalue weighted by Gasteiger charge is -2.43. The number of aromatic nitrogens is 1. The summed E-state index contributed by atoms with van der Waals surface area (Å²) in [5.41, 5.74) is 5.05. The third-order valence-electron chi connectivity index (χ3n) is 6.98. The molecule has 2 aliphatic rings. The van der Waals surface area contributed by atoms with Crippen molar-refractivity contribution >= 4 is 11.5 Å². The van der Waals surface area contributed by atoms with Crippen LogP contribution in [0.4, 0.5) is 11.5 Å². The number of benzene rings is 1. The van der Waals surface area contributed by atoms with Crippen molar-refractivity contribution in [2.24, 2.45) is 0 Å². The third-order valence-corrected chi connectivity index (χ3v) is 6.98. The van der Waals surface area contributed by atoms with E-state index >= 15 is 0 Å². The van der Waals surface area contributed by atoms with Gasteiger partial charge in [0.1, 0.15) is 17.1 Å². The Morgan fingerprint density at radius 1 is 1.13 bits per heavy atom. The number of anilines is 2. The summed E-state index contributed by atoms with van der Waals surface area (Å²) in [6.45, 7) is 16.1. The first-order valence-electron chi connectivity index (χ1n) is 11.5. The van der Waals surface area contributed by atoms with Gasteiger partial charge in [0, 0.05) is 51.0 Å². The van der Waals surface area contributed by atoms with Crippen molar-refractivity contribution < 1.29 is 9.84 Å². The Bertz CT molecular complexity index is 953. The van der Waals surface area contributed by atoms with Crippen LogP contribution < -0.4 is 15.0 Å². The summed E-state index contributed by atoms with van der Waals surface area (Å²) in [7, 11) is 0. The number of pyridine rings is 1. The van der Waals surface area contributed by atoms with Gasteiger partial charge in [-0.3, -0.25) is 4.90 Å². The minimum Gasteiger partial charge on any atom is -0.507 e. The summed E-state index contributed by atoms with van der Waals surface area (Å²) in [5, 5.41) is 13.9. The molecule has 1 aromatic heterocycles. The molecule has 1 aromatic carbocycles. The molecule has 2 aromatic rings. The fraction of sp³-hybridized carbons (Fsp3) is 0.560. The Morgan fingerprint density at radius 2 is 1.87 bits per heavy atom. The topological polar surface area (TPSA) is 60.9 Å². The molecule has 0 aliphatic carbocycles. The third kappa shape index (κ3) is 4.18. The van der Waals surface area contributed by atoms with Gasteiger partial charge in [-0.15, -0.1) is 0 Å². The molecule has 168 valence electrons. The Labute approximate surface area is 186 Å². The number of aromatic hydroxyl groups is 1. The first-order chi connectivity index (χ1) is 14.8. The van der Waals surface area contributed by atoms with E-state index < -0.39 is 0 Å². The molecule has 4 rings (SSSR count). The van der Waals surface area contributed by atoms with Crippen LogP contribution in [0.2, 0.25) is 0 Å². The van der Waals surface area contributed by atoms with E-state index in [0.717, 1.165) is 86.1 Å². The fourth-order valence-electron chi connectivity index (χ4n) is 4.97. The van der Waals surface area contributed by atoms with Gasteiger partial charge in [0.2, 0.25) is 0 Å². The summed E-state index contributed by atoms with van der Waals surface area (Å²) < 4.78 is 6.64. The highest BCUT2D eigenvalue weighted by atomic mass is 16.5. The fourth-order valence-corrected chi connectivity index (χ4v) is 4.97. The van der Waals surface area contributed by atoms with E-state index in [1.165, 1.54) is 5.56 Å². The maximum absolute atomic E-state index is 10.4. The van der Waals surface area contributed by atoms with Crippen molar-refractivity contribution in [3.8, 4) is 11.5 Å². The molecule has 6 heteroatoms. The Hall–Kier alpha value is -2.47. The van der Waals surface area contributed by atoms with Crippen molar-refractivity contribution in [2.75, 3.05) is 49.5 Å². The zero-order valence-corrected chi connectivity index (χ0v) is 19.6. The van der Waals surface area contributed by atoms with E-state index in [-0.39, 0.29) is 5.60 Å². The van der Waals surface area contributed by atoms with Crippen molar-refractivity contribution in [1.29, 1.82) is 0 Å². The van der Waals surface area contributed by atoms with Gasteiger partial charge in [-0.25, -0.2) is 4.98 Å². The van der Waals surface area contributed by atoms with Gasteiger partial charge < -0.3 is 20.1 Å². The molecule has 0 radical (unpaired) electrons. The average Bonchev–Trinajstić information content (AvgIpc) is 2.77. The van der Waals surface area contributed by atoms with Gasteiger partial charge in [0.25, 0.3) is 0 Å². The highest BCUT2D eigenvalue weighted by Crippen LogP contribution is 2.43. The number of rotatable bonds is 5. The van der Waals surface area contributed by atoms with Crippen LogP contribution in [0, 0.1) is 20.8 Å². The van der Waals surface area contributed by atoms with E-state index in [1.807, 2.05) is 26.1 Å². The smallest absolute Gasteiger partial charge is 0.152 e. The summed E-state index contributed by atoms with van der Waals surface area (Å²) >= 11 is 0. The summed E-state index contributed by atoms with van der Waals surface area (Å²) in [6.07, 6.45) is 3.79. The lowest BCUT2D eigenvalue weighted by molar-refractivity contribution is 0.0226. The van der Waals surface area contributed by atoms with E-state index in [1.54, 1.807) is 0 Å². The molecular weight excluding hydrogens is 388 g/mol. The SMILES string of the molecule is CCNc1cccnc1N1CCN(CC2(C)CCc3c(C)c(O)c(C)c(C)c3O2)CC1. The van der Waals surface area contributed by atoms with Crippen molar-refractivity contribution in [2.45, 2.75) is 53.1 Å². The second-order valence-corrected chi connectivity index (χ2v) is 9.25. The van der Waals surface area contributed by atoms with E-state index in [0.29, 0.717) is 5.75 Å². The lowest BCUT2D eigenvalue weighted by atomic mass is 9.87. The normalized spacial score (nSPS) is 21.5. The Balaban J connectivity index is 1.43. The number of nitrogens with one attached hydrogen (secondary N) is 1. The number of hydrogen-bond donors (Lipinski definition) is 2. The van der Waals surface area contributed by atoms with Gasteiger partial charge in [-0.2, -0.15) is 0 Å². The predicted molar refractivity (Wildman–Crippen MR) is 127 cm³/mol. The van der Waals surface area contributed by atoms with Crippen LogP contribution in [0.15, 0.2) is 18.3 Å². The molecule has 1 saturated heterocycles. The molecule has 6 nitrogen and oxygen atoms in total. The maximum atomic E-state index is 10.4. The summed E-state index contributed by atoms with van der Waals surface area (Å²) in [4.78, 5) is 9.54. The molecule has 1 fully saturated rings. The van der Waals surface area contributed by atoms with Gasteiger partial charge in [-0.05, 0) is 76.3 Å². The van der Waals surface area contributed by atoms with Gasteiger partial charge in [0.05, 0.1) is 5.69 Å². The standard InChI is InChI=1S/C25H36N4O2/c1-6-26-21-8-7-11-27-24(21)29-14-12-28(13-15-29)16-25(5)10-9-20-19(4)22(30)17(2)18(3)23(20)31-25/h7-8,11,26,30H,6,9-10,12-16H2,1-5H3. The second kappa shape index (κ2) is 8.58. The number of fused-ring (bicyclic) bond motifs is 1.